The number of carboxylic acid groups (broad SMARTS) is 1. The molecule has 1 heterocycles. The number of aliphatic carboxylic acids is 1. The van der Waals surface area contributed by atoms with Crippen molar-refractivity contribution in [3.63, 3.8) is 0 Å². The zero-order chi connectivity index (χ0) is 33.3. The molecule has 1 saturated heterocycles. The van der Waals surface area contributed by atoms with Gasteiger partial charge in [0.25, 0.3) is 0 Å². The molecule has 1 fully saturated rings. The number of cyclic esters (lactones) is 1. The van der Waals surface area contributed by atoms with Gasteiger partial charge in [-0.2, -0.15) is 0 Å². The third-order valence-corrected chi connectivity index (χ3v) is 9.87. The van der Waals surface area contributed by atoms with Crippen LogP contribution < -0.4 is 0 Å². The van der Waals surface area contributed by atoms with Gasteiger partial charge in [0, 0.05) is 11.8 Å². The first-order valence-electron chi connectivity index (χ1n) is 16.2. The van der Waals surface area contributed by atoms with Gasteiger partial charge in [0.2, 0.25) is 11.1 Å². The maximum absolute atomic E-state index is 12.9. The molecule has 0 saturated carbocycles. The number of allylic oxidation sites excluding steroid dienone is 6. The van der Waals surface area contributed by atoms with Crippen LogP contribution in [0.15, 0.2) is 65.3 Å². The van der Waals surface area contributed by atoms with Crippen LogP contribution in [-0.4, -0.2) is 45.9 Å². The first-order valence-corrected chi connectivity index (χ1v) is 16.6. The standard InChI is InChI=1S/C19H23NO3.C9H13ClO.C9H14O2/c1-13-8-9-17(14(2)10-13)18(21)20-16(12-23-19(20)22)11-15-6-4-3-5-7-15;2*1-6-3-4-8(9(10)11)7(2)5-6/h3-8,14,16-17H,9-12H2,1-2H3;3,7-8H,4-5H2,1-2H3;3,7-8H,4-5H2,1-2H3,(H,10,11)/t14-,16-,17-;2*7-,8-/m000/s1. The number of rotatable bonds is 5. The Hall–Kier alpha value is -3.19. The fourth-order valence-corrected chi connectivity index (χ4v) is 7.14. The highest BCUT2D eigenvalue weighted by Gasteiger charge is 2.42. The Morgan fingerprint density at radius 1 is 0.800 bits per heavy atom. The topological polar surface area (TPSA) is 101 Å². The summed E-state index contributed by atoms with van der Waals surface area (Å²) >= 11 is 5.43. The van der Waals surface area contributed by atoms with E-state index in [1.165, 1.54) is 21.6 Å². The van der Waals surface area contributed by atoms with Gasteiger partial charge in [-0.15, -0.1) is 0 Å². The fraction of sp³-hybridized carbons (Fsp3) is 0.568. The number of ether oxygens (including phenoxy) is 1. The van der Waals surface area contributed by atoms with Gasteiger partial charge in [0.15, 0.2) is 0 Å². The van der Waals surface area contributed by atoms with E-state index >= 15 is 0 Å². The lowest BCUT2D eigenvalue weighted by Crippen LogP contribution is -2.45. The molecule has 8 heteroatoms. The van der Waals surface area contributed by atoms with E-state index in [0.717, 1.165) is 31.2 Å². The molecule has 1 aromatic carbocycles. The molecule has 1 aromatic rings. The average Bonchev–Trinajstić information content (AvgIpc) is 3.33. The van der Waals surface area contributed by atoms with Crippen molar-refractivity contribution in [3.8, 4) is 0 Å². The van der Waals surface area contributed by atoms with E-state index in [1.807, 2.05) is 43.3 Å². The van der Waals surface area contributed by atoms with Crippen molar-refractivity contribution >= 4 is 34.8 Å². The van der Waals surface area contributed by atoms with E-state index in [9.17, 15) is 19.2 Å². The minimum absolute atomic E-state index is 0.0559. The number of carbonyl (C=O) groups excluding carboxylic acids is 3. The molecular weight excluding hydrogens is 590 g/mol. The van der Waals surface area contributed by atoms with Gasteiger partial charge in [0.1, 0.15) is 6.61 Å². The molecule has 0 bridgehead atoms. The van der Waals surface area contributed by atoms with Gasteiger partial charge in [0.05, 0.1) is 12.0 Å². The maximum Gasteiger partial charge on any atom is 0.416 e. The lowest BCUT2D eigenvalue weighted by atomic mass is 9.80. The van der Waals surface area contributed by atoms with Gasteiger partial charge < -0.3 is 9.84 Å². The summed E-state index contributed by atoms with van der Waals surface area (Å²) in [5.74, 6) is 0.0356. The van der Waals surface area contributed by atoms with Crippen molar-refractivity contribution in [2.45, 2.75) is 92.5 Å². The van der Waals surface area contributed by atoms with Crippen LogP contribution in [0.4, 0.5) is 4.79 Å². The van der Waals surface area contributed by atoms with Gasteiger partial charge in [-0.3, -0.25) is 14.4 Å². The van der Waals surface area contributed by atoms with Crippen LogP contribution in [-0.2, 0) is 25.5 Å². The zero-order valence-corrected chi connectivity index (χ0v) is 28.4. The summed E-state index contributed by atoms with van der Waals surface area (Å²) in [5, 5.41) is 8.59. The Bertz CT molecular complexity index is 1260. The second kappa shape index (κ2) is 16.9. The molecule has 0 radical (unpaired) electrons. The largest absolute Gasteiger partial charge is 0.481 e. The van der Waals surface area contributed by atoms with E-state index in [1.54, 1.807) is 0 Å². The Morgan fingerprint density at radius 3 is 1.71 bits per heavy atom. The average molecular weight is 640 g/mol. The molecule has 45 heavy (non-hydrogen) atoms. The highest BCUT2D eigenvalue weighted by atomic mass is 35.5. The predicted octanol–water partition coefficient (Wildman–Crippen LogP) is 8.38. The summed E-state index contributed by atoms with van der Waals surface area (Å²) in [6.45, 7) is 12.7. The number of benzene rings is 1. The first-order chi connectivity index (χ1) is 21.3. The lowest BCUT2D eigenvalue weighted by molar-refractivity contribution is -0.143. The molecule has 4 aliphatic rings. The molecule has 2 amide bonds. The molecule has 246 valence electrons. The Morgan fingerprint density at radius 2 is 1.27 bits per heavy atom. The van der Waals surface area contributed by atoms with Gasteiger partial charge in [-0.05, 0) is 101 Å². The molecular formula is C37H50ClNO6. The summed E-state index contributed by atoms with van der Waals surface area (Å²) in [5.41, 5.74) is 5.15. The lowest BCUT2D eigenvalue weighted by Gasteiger charge is -2.30. The summed E-state index contributed by atoms with van der Waals surface area (Å²) in [6.07, 6.45) is 11.6. The van der Waals surface area contributed by atoms with Crippen molar-refractivity contribution in [2.24, 2.45) is 35.5 Å². The molecule has 7 nitrogen and oxygen atoms in total. The second-order valence-corrected chi connectivity index (χ2v) is 13.9. The summed E-state index contributed by atoms with van der Waals surface area (Å²) in [4.78, 5) is 47.9. The van der Waals surface area contributed by atoms with Crippen LogP contribution in [0.3, 0.4) is 0 Å². The Balaban J connectivity index is 0.000000210. The Kier molecular flexibility index (Phi) is 13.6. The minimum atomic E-state index is -0.652. The van der Waals surface area contributed by atoms with Crippen LogP contribution in [0.2, 0.25) is 0 Å². The normalized spacial score (nSPS) is 29.4. The molecule has 7 atom stereocenters. The smallest absolute Gasteiger partial charge is 0.416 e. The highest BCUT2D eigenvalue weighted by molar-refractivity contribution is 6.64. The zero-order valence-electron chi connectivity index (χ0n) is 27.6. The molecule has 0 aromatic heterocycles. The van der Waals surface area contributed by atoms with Crippen molar-refractivity contribution in [3.05, 3.63) is 70.8 Å². The molecule has 1 aliphatic heterocycles. The Labute approximate surface area is 273 Å². The monoisotopic (exact) mass is 639 g/mol. The van der Waals surface area contributed by atoms with E-state index < -0.39 is 12.1 Å². The number of hydrogen-bond acceptors (Lipinski definition) is 5. The van der Waals surface area contributed by atoms with Crippen molar-refractivity contribution in [1.29, 1.82) is 0 Å². The molecule has 0 unspecified atom stereocenters. The quantitative estimate of drug-likeness (QED) is 0.257. The number of carbonyl (C=O) groups is 4. The van der Waals surface area contributed by atoms with Crippen molar-refractivity contribution in [2.75, 3.05) is 6.61 Å². The number of imide groups is 1. The fourth-order valence-electron chi connectivity index (χ4n) is 6.83. The van der Waals surface area contributed by atoms with Crippen LogP contribution in [0.25, 0.3) is 0 Å². The predicted molar refractivity (Wildman–Crippen MR) is 178 cm³/mol. The number of hydrogen-bond donors (Lipinski definition) is 1. The van der Waals surface area contributed by atoms with Crippen molar-refractivity contribution in [1.82, 2.24) is 4.90 Å². The molecule has 5 rings (SSSR count). The summed E-state index contributed by atoms with van der Waals surface area (Å²) < 4.78 is 5.17. The van der Waals surface area contributed by atoms with E-state index in [4.69, 9.17) is 21.4 Å². The number of carboxylic acids is 1. The third-order valence-electron chi connectivity index (χ3n) is 9.59. The number of halogens is 1. The van der Waals surface area contributed by atoms with Crippen LogP contribution in [0.5, 0.6) is 0 Å². The summed E-state index contributed by atoms with van der Waals surface area (Å²) in [6, 6.07) is 9.73. The highest BCUT2D eigenvalue weighted by Crippen LogP contribution is 2.33. The van der Waals surface area contributed by atoms with Gasteiger partial charge in [-0.1, -0.05) is 86.1 Å². The SMILES string of the molecule is CC1=CC[C@H](C(=O)Cl)[C@@H](C)C1.CC1=CC[C@H](C(=O)N2C(=O)OC[C@@H]2Cc2ccccc2)[C@@H](C)C1.CC1=CC[C@H](C(=O)O)[C@@H](C)C1. The number of amides is 2. The van der Waals surface area contributed by atoms with Crippen LogP contribution in [0.1, 0.15) is 85.6 Å². The van der Waals surface area contributed by atoms with Gasteiger partial charge in [-0.25, -0.2) is 9.69 Å². The second-order valence-electron chi connectivity index (χ2n) is 13.5. The van der Waals surface area contributed by atoms with Crippen molar-refractivity contribution < 1.29 is 29.0 Å². The molecule has 1 N–H and O–H groups in total. The first kappa shape index (κ1) is 36.3. The minimum Gasteiger partial charge on any atom is -0.481 e. The van der Waals surface area contributed by atoms with Crippen LogP contribution in [0, 0.1) is 35.5 Å². The van der Waals surface area contributed by atoms with E-state index in [0.29, 0.717) is 31.1 Å². The molecule has 3 aliphatic carbocycles. The van der Waals surface area contributed by atoms with E-state index in [2.05, 4.69) is 46.8 Å². The van der Waals surface area contributed by atoms with E-state index in [-0.39, 0.29) is 47.5 Å². The molecule has 0 spiro atoms. The third kappa shape index (κ3) is 10.4. The van der Waals surface area contributed by atoms with Crippen LogP contribution >= 0.6 is 11.6 Å². The van der Waals surface area contributed by atoms with Gasteiger partial charge >= 0.3 is 12.1 Å². The maximum atomic E-state index is 12.9. The number of nitrogens with zero attached hydrogens (tertiary/aromatic N) is 1. The summed E-state index contributed by atoms with van der Waals surface area (Å²) in [7, 11) is 0.